The number of carboxylic acids is 1. The number of carboxylic acid groups (broad SMARTS) is 1. The molecule has 0 unspecified atom stereocenters. The summed E-state index contributed by atoms with van der Waals surface area (Å²) in [5.41, 5.74) is -1.96. The number of carbonyl (C=O) groups is 1. The summed E-state index contributed by atoms with van der Waals surface area (Å²) < 4.78 is 43.0. The number of unbranched alkanes of at least 4 members (excludes halogenated alkanes) is 2. The normalized spacial score (nSPS) is 11.4. The summed E-state index contributed by atoms with van der Waals surface area (Å²) in [5, 5.41) is 8.81. The molecule has 0 amide bonds. The molecule has 0 saturated heterocycles. The maximum absolute atomic E-state index is 12.6. The van der Waals surface area contributed by atoms with E-state index >= 15 is 0 Å². The molecule has 0 atom stereocenters. The van der Waals surface area contributed by atoms with Crippen LogP contribution in [0.3, 0.4) is 0 Å². The summed E-state index contributed by atoms with van der Waals surface area (Å²) in [5.74, 6) is -1.48. The molecular formula is C13H15F3O3. The number of alkyl halides is 3. The molecule has 0 saturated carbocycles. The number of halogens is 3. The van der Waals surface area contributed by atoms with Crippen molar-refractivity contribution in [3.05, 3.63) is 29.3 Å². The van der Waals surface area contributed by atoms with E-state index in [-0.39, 0.29) is 5.75 Å². The van der Waals surface area contributed by atoms with Crippen molar-refractivity contribution in [2.24, 2.45) is 0 Å². The van der Waals surface area contributed by atoms with Gasteiger partial charge in [-0.15, -0.1) is 0 Å². The van der Waals surface area contributed by atoms with E-state index in [2.05, 4.69) is 0 Å². The van der Waals surface area contributed by atoms with Gasteiger partial charge in [-0.3, -0.25) is 0 Å². The maximum atomic E-state index is 12.6. The van der Waals surface area contributed by atoms with Gasteiger partial charge in [-0.25, -0.2) is 4.79 Å². The lowest BCUT2D eigenvalue weighted by atomic mass is 10.1. The molecule has 0 fully saturated rings. The third-order valence-electron chi connectivity index (χ3n) is 2.54. The Morgan fingerprint density at radius 3 is 2.53 bits per heavy atom. The van der Waals surface area contributed by atoms with E-state index < -0.39 is 23.3 Å². The minimum atomic E-state index is -4.69. The predicted molar refractivity (Wildman–Crippen MR) is 63.4 cm³/mol. The Kier molecular flexibility index (Phi) is 5.20. The van der Waals surface area contributed by atoms with Gasteiger partial charge in [0.15, 0.2) is 0 Å². The lowest BCUT2D eigenvalue weighted by Crippen LogP contribution is -2.13. The van der Waals surface area contributed by atoms with Gasteiger partial charge in [-0.2, -0.15) is 13.2 Å². The average Bonchev–Trinajstić information content (AvgIpc) is 2.33. The molecule has 0 bridgehead atoms. The first kappa shape index (κ1) is 15.3. The Bertz CT molecular complexity index is 441. The fourth-order valence-corrected chi connectivity index (χ4v) is 1.58. The average molecular weight is 276 g/mol. The van der Waals surface area contributed by atoms with Crippen LogP contribution < -0.4 is 4.74 Å². The first-order chi connectivity index (χ1) is 8.86. The zero-order chi connectivity index (χ0) is 14.5. The summed E-state index contributed by atoms with van der Waals surface area (Å²) in [4.78, 5) is 10.8. The van der Waals surface area contributed by atoms with Crippen LogP contribution in [0.2, 0.25) is 0 Å². The molecule has 19 heavy (non-hydrogen) atoms. The molecule has 1 rings (SSSR count). The molecule has 0 heterocycles. The minimum absolute atomic E-state index is 0.140. The first-order valence-corrected chi connectivity index (χ1v) is 5.93. The summed E-state index contributed by atoms with van der Waals surface area (Å²) in [6.45, 7) is 2.37. The van der Waals surface area contributed by atoms with Gasteiger partial charge in [0, 0.05) is 0 Å². The predicted octanol–water partition coefficient (Wildman–Crippen LogP) is 3.97. The largest absolute Gasteiger partial charge is 0.494 e. The molecule has 1 aromatic carbocycles. The van der Waals surface area contributed by atoms with Crippen LogP contribution in [0.1, 0.15) is 42.1 Å². The van der Waals surface area contributed by atoms with Crippen LogP contribution in [0.5, 0.6) is 5.75 Å². The van der Waals surface area contributed by atoms with Crippen molar-refractivity contribution in [1.29, 1.82) is 0 Å². The highest BCUT2D eigenvalue weighted by atomic mass is 19.4. The summed E-state index contributed by atoms with van der Waals surface area (Å²) in [7, 11) is 0. The molecule has 1 N–H and O–H groups in total. The maximum Gasteiger partial charge on any atom is 0.417 e. The molecule has 1 aromatic rings. The zero-order valence-corrected chi connectivity index (χ0v) is 10.5. The van der Waals surface area contributed by atoms with Crippen molar-refractivity contribution in [1.82, 2.24) is 0 Å². The van der Waals surface area contributed by atoms with Gasteiger partial charge in [0.2, 0.25) is 0 Å². The van der Waals surface area contributed by atoms with Gasteiger partial charge < -0.3 is 9.84 Å². The fourth-order valence-electron chi connectivity index (χ4n) is 1.58. The smallest absolute Gasteiger partial charge is 0.417 e. The number of aromatic carboxylic acids is 1. The Balaban J connectivity index is 2.88. The van der Waals surface area contributed by atoms with Gasteiger partial charge >= 0.3 is 12.1 Å². The van der Waals surface area contributed by atoms with Crippen molar-refractivity contribution in [3.8, 4) is 5.75 Å². The second-order valence-corrected chi connectivity index (χ2v) is 4.07. The van der Waals surface area contributed by atoms with Crippen LogP contribution in [0, 0.1) is 0 Å². The Labute approximate surface area is 109 Å². The van der Waals surface area contributed by atoms with E-state index in [0.717, 1.165) is 37.5 Å². The molecule has 0 spiro atoms. The zero-order valence-electron chi connectivity index (χ0n) is 10.5. The van der Waals surface area contributed by atoms with Gasteiger partial charge in [-0.1, -0.05) is 19.8 Å². The Hall–Kier alpha value is -1.72. The summed E-state index contributed by atoms with van der Waals surface area (Å²) in [6.07, 6.45) is -1.96. The van der Waals surface area contributed by atoms with E-state index in [4.69, 9.17) is 9.84 Å². The topological polar surface area (TPSA) is 46.5 Å². The van der Waals surface area contributed by atoms with Crippen LogP contribution in [-0.4, -0.2) is 17.7 Å². The quantitative estimate of drug-likeness (QED) is 0.799. The molecule has 3 nitrogen and oxygen atoms in total. The summed E-state index contributed by atoms with van der Waals surface area (Å²) >= 11 is 0. The van der Waals surface area contributed by atoms with Crippen LogP contribution in [-0.2, 0) is 6.18 Å². The molecule has 0 radical (unpaired) electrons. The van der Waals surface area contributed by atoms with Crippen LogP contribution >= 0.6 is 0 Å². The first-order valence-electron chi connectivity index (χ1n) is 5.93. The molecule has 0 aliphatic carbocycles. The highest BCUT2D eigenvalue weighted by Crippen LogP contribution is 2.33. The molecule has 6 heteroatoms. The minimum Gasteiger partial charge on any atom is -0.494 e. The lowest BCUT2D eigenvalue weighted by molar-refractivity contribution is -0.138. The standard InChI is InChI=1S/C13H15F3O3/c1-2-3-4-7-19-9-5-6-11(13(14,15)16)10(8-9)12(17)18/h5-6,8H,2-4,7H2,1H3,(H,17,18). The second kappa shape index (κ2) is 6.45. The molecule has 0 aliphatic rings. The van der Waals surface area contributed by atoms with E-state index in [1.165, 1.54) is 0 Å². The fraction of sp³-hybridized carbons (Fsp3) is 0.462. The van der Waals surface area contributed by atoms with Gasteiger partial charge in [0.1, 0.15) is 5.75 Å². The van der Waals surface area contributed by atoms with Crippen molar-refractivity contribution >= 4 is 5.97 Å². The third-order valence-corrected chi connectivity index (χ3v) is 2.54. The highest BCUT2D eigenvalue weighted by molar-refractivity contribution is 5.90. The van der Waals surface area contributed by atoms with Gasteiger partial charge in [0.05, 0.1) is 17.7 Å². The number of hydrogen-bond donors (Lipinski definition) is 1. The number of hydrogen-bond acceptors (Lipinski definition) is 2. The number of ether oxygens (including phenoxy) is 1. The molecule has 106 valence electrons. The Morgan fingerprint density at radius 1 is 1.32 bits per heavy atom. The summed E-state index contributed by atoms with van der Waals surface area (Å²) in [6, 6.07) is 2.79. The number of rotatable bonds is 6. The Morgan fingerprint density at radius 2 is 2.00 bits per heavy atom. The SMILES string of the molecule is CCCCCOc1ccc(C(F)(F)F)c(C(=O)O)c1. The van der Waals surface area contributed by atoms with Crippen molar-refractivity contribution in [2.45, 2.75) is 32.4 Å². The van der Waals surface area contributed by atoms with Gasteiger partial charge in [-0.05, 0) is 24.6 Å². The monoisotopic (exact) mass is 276 g/mol. The van der Waals surface area contributed by atoms with Crippen molar-refractivity contribution in [2.75, 3.05) is 6.61 Å². The number of benzene rings is 1. The van der Waals surface area contributed by atoms with E-state index in [1.54, 1.807) is 0 Å². The van der Waals surface area contributed by atoms with Crippen molar-refractivity contribution in [3.63, 3.8) is 0 Å². The molecule has 0 aliphatic heterocycles. The molecular weight excluding hydrogens is 261 g/mol. The third kappa shape index (κ3) is 4.46. The van der Waals surface area contributed by atoms with E-state index in [9.17, 15) is 18.0 Å². The highest BCUT2D eigenvalue weighted by Gasteiger charge is 2.35. The van der Waals surface area contributed by atoms with Crippen molar-refractivity contribution < 1.29 is 27.8 Å². The van der Waals surface area contributed by atoms with Crippen LogP contribution in [0.4, 0.5) is 13.2 Å². The lowest BCUT2D eigenvalue weighted by Gasteiger charge is -2.12. The van der Waals surface area contributed by atoms with E-state index in [1.807, 2.05) is 6.92 Å². The van der Waals surface area contributed by atoms with Crippen LogP contribution in [0.15, 0.2) is 18.2 Å². The van der Waals surface area contributed by atoms with Crippen LogP contribution in [0.25, 0.3) is 0 Å². The second-order valence-electron chi connectivity index (χ2n) is 4.07. The van der Waals surface area contributed by atoms with E-state index in [0.29, 0.717) is 6.61 Å². The van der Waals surface area contributed by atoms with Gasteiger partial charge in [0.25, 0.3) is 0 Å². The molecule has 0 aromatic heterocycles.